The van der Waals surface area contributed by atoms with E-state index in [4.69, 9.17) is 0 Å². The van der Waals surface area contributed by atoms with Crippen molar-refractivity contribution in [2.45, 2.75) is 26.2 Å². The summed E-state index contributed by atoms with van der Waals surface area (Å²) in [5.41, 5.74) is -0.649. The van der Waals surface area contributed by atoms with Crippen molar-refractivity contribution in [1.29, 1.82) is 0 Å². The van der Waals surface area contributed by atoms with Crippen LogP contribution in [0.3, 0.4) is 0 Å². The highest BCUT2D eigenvalue weighted by Gasteiger charge is 2.65. The second-order valence-electron chi connectivity index (χ2n) is 7.88. The Labute approximate surface area is 143 Å². The van der Waals surface area contributed by atoms with Crippen LogP contribution in [0.2, 0.25) is 0 Å². The molecular weight excluding hydrogens is 308 g/mol. The van der Waals surface area contributed by atoms with Crippen LogP contribution in [0.5, 0.6) is 0 Å². The summed E-state index contributed by atoms with van der Waals surface area (Å²) in [6.07, 6.45) is 2.39. The van der Waals surface area contributed by atoms with Crippen LogP contribution >= 0.6 is 0 Å². The molecule has 3 aliphatic rings. The molecule has 3 saturated heterocycles. The predicted octanol–water partition coefficient (Wildman–Crippen LogP) is 0.461. The molecule has 3 rings (SSSR count). The van der Waals surface area contributed by atoms with Crippen LogP contribution in [-0.2, 0) is 9.59 Å². The highest BCUT2D eigenvalue weighted by molar-refractivity contribution is 5.88. The monoisotopic (exact) mass is 336 g/mol. The van der Waals surface area contributed by atoms with Crippen molar-refractivity contribution >= 4 is 17.8 Å². The predicted molar refractivity (Wildman–Crippen MR) is 89.3 cm³/mol. The van der Waals surface area contributed by atoms with Gasteiger partial charge in [-0.1, -0.05) is 0 Å². The Bertz CT molecular complexity index is 568. The average Bonchev–Trinajstić information content (AvgIpc) is 3.01. The van der Waals surface area contributed by atoms with Gasteiger partial charge < -0.3 is 19.6 Å². The zero-order chi connectivity index (χ0) is 17.7. The number of urea groups is 1. The first kappa shape index (κ1) is 17.0. The Kier molecular flexibility index (Phi) is 4.00. The molecule has 7 heteroatoms. The van der Waals surface area contributed by atoms with Crippen LogP contribution in [0.25, 0.3) is 0 Å². The van der Waals surface area contributed by atoms with Crippen molar-refractivity contribution in [3.63, 3.8) is 0 Å². The molecule has 24 heavy (non-hydrogen) atoms. The molecule has 0 aromatic carbocycles. The lowest BCUT2D eigenvalue weighted by Gasteiger charge is -2.46. The molecule has 0 radical (unpaired) electrons. The van der Waals surface area contributed by atoms with Gasteiger partial charge in [-0.05, 0) is 19.3 Å². The van der Waals surface area contributed by atoms with E-state index >= 15 is 0 Å². The van der Waals surface area contributed by atoms with Crippen molar-refractivity contribution < 1.29 is 14.4 Å². The fourth-order valence-corrected chi connectivity index (χ4v) is 4.91. The number of likely N-dealkylation sites (tertiary alicyclic amines) is 3. The fraction of sp³-hybridized carbons (Fsp3) is 0.824. The van der Waals surface area contributed by atoms with Crippen molar-refractivity contribution in [2.24, 2.45) is 10.8 Å². The average molecular weight is 336 g/mol. The molecule has 0 aromatic rings. The normalized spacial score (nSPS) is 29.0. The lowest BCUT2D eigenvalue weighted by atomic mass is 9.60. The number of nitrogens with zero attached hydrogens (tertiary/aromatic N) is 4. The van der Waals surface area contributed by atoms with E-state index in [2.05, 4.69) is 0 Å². The van der Waals surface area contributed by atoms with Gasteiger partial charge >= 0.3 is 6.03 Å². The van der Waals surface area contributed by atoms with Gasteiger partial charge in [0.2, 0.25) is 11.8 Å². The zero-order valence-electron chi connectivity index (χ0n) is 15.2. The molecule has 0 aromatic heterocycles. The molecule has 3 aliphatic heterocycles. The summed E-state index contributed by atoms with van der Waals surface area (Å²) >= 11 is 0. The summed E-state index contributed by atoms with van der Waals surface area (Å²) in [4.78, 5) is 44.3. The van der Waals surface area contributed by atoms with E-state index in [-0.39, 0.29) is 23.3 Å². The molecule has 0 N–H and O–H groups in total. The molecule has 1 unspecified atom stereocenters. The lowest BCUT2D eigenvalue weighted by molar-refractivity contribution is -0.141. The maximum atomic E-state index is 13.0. The molecular formula is C17H28N4O3. The van der Waals surface area contributed by atoms with E-state index in [0.717, 1.165) is 25.8 Å². The fourth-order valence-electron chi connectivity index (χ4n) is 4.91. The first-order valence-electron chi connectivity index (χ1n) is 8.70. The summed E-state index contributed by atoms with van der Waals surface area (Å²) in [5.74, 6) is 0.221. The van der Waals surface area contributed by atoms with Crippen molar-refractivity contribution in [3.05, 3.63) is 0 Å². The second kappa shape index (κ2) is 5.63. The topological polar surface area (TPSA) is 64.2 Å². The Balaban J connectivity index is 1.86. The highest BCUT2D eigenvalue weighted by atomic mass is 16.2. The largest absolute Gasteiger partial charge is 0.345 e. The molecule has 0 saturated carbocycles. The van der Waals surface area contributed by atoms with Crippen LogP contribution in [0.1, 0.15) is 26.2 Å². The van der Waals surface area contributed by atoms with Crippen LogP contribution < -0.4 is 0 Å². The van der Waals surface area contributed by atoms with Crippen molar-refractivity contribution in [3.8, 4) is 0 Å². The van der Waals surface area contributed by atoms with E-state index in [1.54, 1.807) is 25.9 Å². The standard InChI is InChI=1S/C17H28N4O3/c1-13(22)21-11-16(17(12-21)7-8-19(4)14(17)23)5-9-20(10-6-16)15(24)18(2)3/h5-12H2,1-4H3. The number of hydrogen-bond acceptors (Lipinski definition) is 3. The minimum Gasteiger partial charge on any atom is -0.345 e. The van der Waals surface area contributed by atoms with Gasteiger partial charge in [-0.25, -0.2) is 4.79 Å². The van der Waals surface area contributed by atoms with Crippen molar-refractivity contribution in [2.75, 3.05) is 53.9 Å². The number of fused-ring (bicyclic) bond motifs is 1. The summed E-state index contributed by atoms with van der Waals surface area (Å²) in [6.45, 7) is 4.83. The number of piperidine rings is 1. The number of hydrogen-bond donors (Lipinski definition) is 0. The van der Waals surface area contributed by atoms with E-state index in [9.17, 15) is 14.4 Å². The maximum absolute atomic E-state index is 13.0. The van der Waals surface area contributed by atoms with Gasteiger partial charge in [0, 0.05) is 66.2 Å². The second-order valence-corrected chi connectivity index (χ2v) is 7.88. The highest BCUT2D eigenvalue weighted by Crippen LogP contribution is 2.57. The molecule has 2 spiro atoms. The number of rotatable bonds is 0. The molecule has 0 aliphatic carbocycles. The summed E-state index contributed by atoms with van der Waals surface area (Å²) in [6, 6.07) is 0.0233. The number of carbonyl (C=O) groups is 3. The molecule has 134 valence electrons. The summed E-state index contributed by atoms with van der Waals surface area (Å²) < 4.78 is 0. The molecule has 7 nitrogen and oxygen atoms in total. The van der Waals surface area contributed by atoms with Crippen LogP contribution in [0.15, 0.2) is 0 Å². The van der Waals surface area contributed by atoms with Crippen molar-refractivity contribution in [1.82, 2.24) is 19.6 Å². The smallest absolute Gasteiger partial charge is 0.319 e. The minimum atomic E-state index is -0.458. The SMILES string of the molecule is CC(=O)N1CC2(CCN(C(=O)N(C)C)CC2)C2(CCN(C)C2=O)C1. The van der Waals surface area contributed by atoms with Crippen LogP contribution in [0.4, 0.5) is 4.79 Å². The van der Waals surface area contributed by atoms with Crippen LogP contribution in [-0.4, -0.2) is 91.3 Å². The summed E-state index contributed by atoms with van der Waals surface area (Å²) in [7, 11) is 5.37. The molecule has 3 fully saturated rings. The van der Waals surface area contributed by atoms with Crippen LogP contribution in [0, 0.1) is 10.8 Å². The third kappa shape index (κ3) is 2.28. The Hall–Kier alpha value is -1.79. The van der Waals surface area contributed by atoms with E-state index in [0.29, 0.717) is 26.2 Å². The van der Waals surface area contributed by atoms with Gasteiger partial charge in [-0.3, -0.25) is 9.59 Å². The number of amides is 4. The zero-order valence-corrected chi connectivity index (χ0v) is 15.2. The Morgan fingerprint density at radius 2 is 1.62 bits per heavy atom. The first-order chi connectivity index (χ1) is 11.2. The van der Waals surface area contributed by atoms with E-state index in [1.807, 2.05) is 21.7 Å². The van der Waals surface area contributed by atoms with Gasteiger partial charge in [0.05, 0.1) is 5.41 Å². The van der Waals surface area contributed by atoms with Gasteiger partial charge in [0.15, 0.2) is 0 Å². The third-order valence-corrected chi connectivity index (χ3v) is 6.42. The molecule has 0 bridgehead atoms. The van der Waals surface area contributed by atoms with E-state index < -0.39 is 5.41 Å². The first-order valence-corrected chi connectivity index (χ1v) is 8.70. The molecule has 4 amide bonds. The maximum Gasteiger partial charge on any atom is 0.319 e. The van der Waals surface area contributed by atoms with Gasteiger partial charge in [0.25, 0.3) is 0 Å². The Morgan fingerprint density at radius 1 is 1.00 bits per heavy atom. The lowest BCUT2D eigenvalue weighted by Crippen LogP contribution is -2.54. The summed E-state index contributed by atoms with van der Waals surface area (Å²) in [5, 5.41) is 0. The Morgan fingerprint density at radius 3 is 2.08 bits per heavy atom. The molecule has 3 heterocycles. The quantitative estimate of drug-likeness (QED) is 0.646. The van der Waals surface area contributed by atoms with Gasteiger partial charge in [-0.15, -0.1) is 0 Å². The minimum absolute atomic E-state index is 0.0233. The van der Waals surface area contributed by atoms with E-state index in [1.165, 1.54) is 0 Å². The number of carbonyl (C=O) groups excluding carboxylic acids is 3. The van der Waals surface area contributed by atoms with Gasteiger partial charge in [-0.2, -0.15) is 0 Å². The molecule has 1 atom stereocenters. The van der Waals surface area contributed by atoms with Gasteiger partial charge in [0.1, 0.15) is 0 Å². The third-order valence-electron chi connectivity index (χ3n) is 6.42.